The second kappa shape index (κ2) is 4.35. The van der Waals surface area contributed by atoms with Crippen LogP contribution >= 0.6 is 0 Å². The molecule has 0 heterocycles. The Morgan fingerprint density at radius 3 is 2.16 bits per heavy atom. The van der Waals surface area contributed by atoms with Crippen molar-refractivity contribution < 1.29 is 5.11 Å². The molecule has 0 aromatic heterocycles. The Morgan fingerprint density at radius 1 is 1.05 bits per heavy atom. The van der Waals surface area contributed by atoms with Gasteiger partial charge in [-0.3, -0.25) is 0 Å². The summed E-state index contributed by atoms with van der Waals surface area (Å²) < 4.78 is 0. The van der Waals surface area contributed by atoms with Gasteiger partial charge in [0.2, 0.25) is 0 Å². The molecule has 1 unspecified atom stereocenters. The first-order valence-electron chi connectivity index (χ1n) is 7.18. The summed E-state index contributed by atoms with van der Waals surface area (Å²) in [6.07, 6.45) is 2.04. The summed E-state index contributed by atoms with van der Waals surface area (Å²) in [7, 11) is 0. The lowest BCUT2D eigenvalue weighted by Crippen LogP contribution is -2.17. The van der Waals surface area contributed by atoms with Crippen molar-refractivity contribution in [2.45, 2.75) is 45.1 Å². The van der Waals surface area contributed by atoms with Crippen LogP contribution in [0.5, 0.6) is 0 Å². The van der Waals surface area contributed by atoms with Gasteiger partial charge in [-0.25, -0.2) is 0 Å². The Balaban J connectivity index is 2.21. The van der Waals surface area contributed by atoms with Gasteiger partial charge in [0.1, 0.15) is 0 Å². The molecule has 2 aromatic rings. The van der Waals surface area contributed by atoms with Gasteiger partial charge in [-0.1, -0.05) is 51.1 Å². The Bertz CT molecular complexity index is 603. The molecule has 3 rings (SSSR count). The standard InChI is InChI=1S/C18H22O/c1-18(2,3)16-11-14-7-5-4-6-13(14)10-15(16)17(19)12-8-9-12/h4-7,10-12,17,19H,8-9H2,1-3H3. The number of hydrogen-bond donors (Lipinski definition) is 1. The molecule has 1 aliphatic carbocycles. The van der Waals surface area contributed by atoms with Crippen molar-refractivity contribution >= 4 is 10.8 Å². The zero-order chi connectivity index (χ0) is 13.6. The van der Waals surface area contributed by atoms with Crippen molar-refractivity contribution in [1.29, 1.82) is 0 Å². The van der Waals surface area contributed by atoms with Crippen molar-refractivity contribution in [2.24, 2.45) is 5.92 Å². The van der Waals surface area contributed by atoms with Crippen LogP contribution in [0.15, 0.2) is 36.4 Å². The summed E-state index contributed by atoms with van der Waals surface area (Å²) in [6.45, 7) is 6.67. The lowest BCUT2D eigenvalue weighted by atomic mass is 9.80. The van der Waals surface area contributed by atoms with Crippen LogP contribution in [0.25, 0.3) is 10.8 Å². The van der Waals surface area contributed by atoms with E-state index in [0.717, 1.165) is 18.4 Å². The Hall–Kier alpha value is -1.34. The van der Waals surface area contributed by atoms with Crippen LogP contribution in [0.3, 0.4) is 0 Å². The zero-order valence-corrected chi connectivity index (χ0v) is 12.0. The van der Waals surface area contributed by atoms with E-state index in [-0.39, 0.29) is 11.5 Å². The highest BCUT2D eigenvalue weighted by Gasteiger charge is 2.33. The fraction of sp³-hybridized carbons (Fsp3) is 0.444. The van der Waals surface area contributed by atoms with E-state index >= 15 is 0 Å². The van der Waals surface area contributed by atoms with E-state index in [2.05, 4.69) is 57.2 Å². The summed E-state index contributed by atoms with van der Waals surface area (Å²) in [6, 6.07) is 12.9. The lowest BCUT2D eigenvalue weighted by Gasteiger charge is -2.26. The van der Waals surface area contributed by atoms with Crippen LogP contribution < -0.4 is 0 Å². The second-order valence-electron chi connectivity index (χ2n) is 6.82. The maximum absolute atomic E-state index is 10.6. The maximum atomic E-state index is 10.6. The van der Waals surface area contributed by atoms with Crippen molar-refractivity contribution in [3.05, 3.63) is 47.5 Å². The molecule has 1 heteroatoms. The fourth-order valence-corrected chi connectivity index (χ4v) is 2.82. The minimum absolute atomic E-state index is 0.0647. The molecule has 0 amide bonds. The molecule has 0 radical (unpaired) electrons. The molecule has 19 heavy (non-hydrogen) atoms. The van der Waals surface area contributed by atoms with Crippen LogP contribution in [-0.4, -0.2) is 5.11 Å². The lowest BCUT2D eigenvalue weighted by molar-refractivity contribution is 0.151. The highest BCUT2D eigenvalue weighted by atomic mass is 16.3. The number of aliphatic hydroxyl groups is 1. The summed E-state index contributed by atoms with van der Waals surface area (Å²) >= 11 is 0. The van der Waals surface area contributed by atoms with Crippen LogP contribution in [-0.2, 0) is 5.41 Å². The van der Waals surface area contributed by atoms with Crippen LogP contribution in [0.1, 0.15) is 50.8 Å². The average molecular weight is 254 g/mol. The van der Waals surface area contributed by atoms with Crippen LogP contribution in [0.4, 0.5) is 0 Å². The van der Waals surface area contributed by atoms with Crippen molar-refractivity contribution in [1.82, 2.24) is 0 Å². The van der Waals surface area contributed by atoms with Gasteiger partial charge >= 0.3 is 0 Å². The maximum Gasteiger partial charge on any atom is 0.0821 e. The van der Waals surface area contributed by atoms with Crippen molar-refractivity contribution in [3.63, 3.8) is 0 Å². The highest BCUT2D eigenvalue weighted by Crippen LogP contribution is 2.44. The van der Waals surface area contributed by atoms with Crippen molar-refractivity contribution in [3.8, 4) is 0 Å². The zero-order valence-electron chi connectivity index (χ0n) is 12.0. The van der Waals surface area contributed by atoms with E-state index < -0.39 is 0 Å². The Morgan fingerprint density at radius 2 is 1.63 bits per heavy atom. The van der Waals surface area contributed by atoms with E-state index in [1.165, 1.54) is 16.3 Å². The molecule has 0 spiro atoms. The van der Waals surface area contributed by atoms with E-state index in [9.17, 15) is 5.11 Å². The van der Waals surface area contributed by atoms with Crippen LogP contribution in [0.2, 0.25) is 0 Å². The van der Waals surface area contributed by atoms with Gasteiger partial charge in [0, 0.05) is 0 Å². The van der Waals surface area contributed by atoms with Gasteiger partial charge in [0.25, 0.3) is 0 Å². The molecule has 1 atom stereocenters. The largest absolute Gasteiger partial charge is 0.388 e. The molecular formula is C18H22O. The average Bonchev–Trinajstić information content (AvgIpc) is 3.19. The molecule has 1 fully saturated rings. The summed E-state index contributed by atoms with van der Waals surface area (Å²) in [5, 5.41) is 13.1. The minimum atomic E-state index is -0.293. The highest BCUT2D eigenvalue weighted by molar-refractivity contribution is 5.84. The topological polar surface area (TPSA) is 20.2 Å². The fourth-order valence-electron chi connectivity index (χ4n) is 2.82. The number of benzene rings is 2. The van der Waals surface area contributed by atoms with Gasteiger partial charge < -0.3 is 5.11 Å². The summed E-state index contributed by atoms with van der Waals surface area (Å²) in [5.41, 5.74) is 2.48. The first kappa shape index (κ1) is 12.7. The Kier molecular flexibility index (Phi) is 2.90. The SMILES string of the molecule is CC(C)(C)c1cc2ccccc2cc1C(O)C1CC1. The van der Waals surface area contributed by atoms with Gasteiger partial charge in [0.05, 0.1) is 6.10 Å². The molecule has 2 aromatic carbocycles. The predicted molar refractivity (Wildman–Crippen MR) is 80.3 cm³/mol. The van der Waals surface area contributed by atoms with Gasteiger partial charge in [0.15, 0.2) is 0 Å². The quantitative estimate of drug-likeness (QED) is 0.831. The predicted octanol–water partition coefficient (Wildman–Crippen LogP) is 4.58. The second-order valence-corrected chi connectivity index (χ2v) is 6.82. The van der Waals surface area contributed by atoms with Gasteiger partial charge in [-0.2, -0.15) is 0 Å². The summed E-state index contributed by atoms with van der Waals surface area (Å²) in [5.74, 6) is 0.474. The normalized spacial score (nSPS) is 17.7. The van der Waals surface area contributed by atoms with Crippen LogP contribution in [0, 0.1) is 5.92 Å². The third-order valence-electron chi connectivity index (χ3n) is 4.11. The monoisotopic (exact) mass is 254 g/mol. The molecule has 0 bridgehead atoms. The molecule has 0 saturated heterocycles. The summed E-state index contributed by atoms with van der Waals surface area (Å²) in [4.78, 5) is 0. The molecule has 1 aliphatic rings. The van der Waals surface area contributed by atoms with E-state index in [1.807, 2.05) is 0 Å². The first-order chi connectivity index (χ1) is 8.97. The minimum Gasteiger partial charge on any atom is -0.388 e. The van der Waals surface area contributed by atoms with E-state index in [1.54, 1.807) is 0 Å². The molecule has 100 valence electrons. The van der Waals surface area contributed by atoms with E-state index in [0.29, 0.717) is 5.92 Å². The molecule has 1 N–H and O–H groups in total. The van der Waals surface area contributed by atoms with Gasteiger partial charge in [-0.05, 0) is 52.1 Å². The third kappa shape index (κ3) is 2.40. The smallest absolute Gasteiger partial charge is 0.0821 e. The number of aliphatic hydroxyl groups excluding tert-OH is 1. The molecular weight excluding hydrogens is 232 g/mol. The molecule has 0 aliphatic heterocycles. The van der Waals surface area contributed by atoms with E-state index in [4.69, 9.17) is 0 Å². The molecule has 1 saturated carbocycles. The van der Waals surface area contributed by atoms with Crippen molar-refractivity contribution in [2.75, 3.05) is 0 Å². The number of fused-ring (bicyclic) bond motifs is 1. The Labute approximate surface area is 115 Å². The first-order valence-corrected chi connectivity index (χ1v) is 7.18. The van der Waals surface area contributed by atoms with Gasteiger partial charge in [-0.15, -0.1) is 0 Å². The number of hydrogen-bond acceptors (Lipinski definition) is 1. The molecule has 1 nitrogen and oxygen atoms in total. The number of rotatable bonds is 2. The third-order valence-corrected chi connectivity index (χ3v) is 4.11.